The molecule has 4 aliphatic heterocycles. The molecule has 7 unspecified atom stereocenters. The van der Waals surface area contributed by atoms with Crippen molar-refractivity contribution in [2.24, 2.45) is 5.92 Å². The molecule has 8 heteroatoms. The summed E-state index contributed by atoms with van der Waals surface area (Å²) in [5, 5.41) is 0. The van der Waals surface area contributed by atoms with E-state index in [1.165, 1.54) is 6.92 Å². The highest BCUT2D eigenvalue weighted by atomic mass is 16.7. The fraction of sp³-hybridized carbons (Fsp3) is 0.609. The van der Waals surface area contributed by atoms with Crippen LogP contribution in [0.25, 0.3) is 0 Å². The average Bonchev–Trinajstić information content (AvgIpc) is 3.50. The number of ether oxygens (including phenoxy) is 4. The maximum atomic E-state index is 13.0. The van der Waals surface area contributed by atoms with Crippen molar-refractivity contribution in [3.63, 3.8) is 0 Å². The fourth-order valence-corrected chi connectivity index (χ4v) is 5.47. The molecule has 0 spiro atoms. The van der Waals surface area contributed by atoms with Gasteiger partial charge < -0.3 is 23.4 Å². The lowest BCUT2D eigenvalue weighted by Gasteiger charge is -2.27. The van der Waals surface area contributed by atoms with Gasteiger partial charge in [-0.2, -0.15) is 0 Å². The molecule has 4 bridgehead atoms. The number of carbonyl (C=O) groups excluding carboxylic acids is 3. The normalized spacial score (nSPS) is 42.6. The van der Waals surface area contributed by atoms with Gasteiger partial charge in [-0.25, -0.2) is 4.79 Å². The van der Waals surface area contributed by atoms with E-state index >= 15 is 0 Å². The summed E-state index contributed by atoms with van der Waals surface area (Å²) in [6, 6.07) is 1.71. The highest BCUT2D eigenvalue weighted by Gasteiger charge is 2.83. The molecule has 0 amide bonds. The zero-order valence-electron chi connectivity index (χ0n) is 18.1. The van der Waals surface area contributed by atoms with Crippen LogP contribution in [0.5, 0.6) is 0 Å². The van der Waals surface area contributed by atoms with Gasteiger partial charge in [0, 0.05) is 19.8 Å². The smallest absolute Gasteiger partial charge is 0.345 e. The van der Waals surface area contributed by atoms with Gasteiger partial charge in [0.1, 0.15) is 41.0 Å². The van der Waals surface area contributed by atoms with Gasteiger partial charge in [0.2, 0.25) is 5.60 Å². The van der Waals surface area contributed by atoms with E-state index in [0.717, 1.165) is 11.9 Å². The van der Waals surface area contributed by atoms with Crippen molar-refractivity contribution in [1.29, 1.82) is 0 Å². The first-order valence-electron chi connectivity index (χ1n) is 10.5. The molecule has 0 radical (unpaired) electrons. The predicted molar refractivity (Wildman–Crippen MR) is 105 cm³/mol. The molecule has 0 aliphatic carbocycles. The third-order valence-electron chi connectivity index (χ3n) is 7.09. The van der Waals surface area contributed by atoms with Gasteiger partial charge in [-0.3, -0.25) is 9.59 Å². The molecule has 1 aromatic heterocycles. The molecule has 7 atom stereocenters. The van der Waals surface area contributed by atoms with Crippen LogP contribution >= 0.6 is 0 Å². The SMILES string of the molecule is C=C(C)C1Cc2oc(cc2C=O)C2OC2(C)CC2(C)OC(=O)C3(OC23)C(OC(C)=O)C1. The fourth-order valence-electron chi connectivity index (χ4n) is 5.47. The number of fused-ring (bicyclic) bond motifs is 4. The summed E-state index contributed by atoms with van der Waals surface area (Å²) >= 11 is 0. The van der Waals surface area contributed by atoms with Crippen LogP contribution in [0, 0.1) is 5.92 Å². The molecule has 1 aromatic rings. The lowest BCUT2D eigenvalue weighted by molar-refractivity contribution is -0.172. The molecule has 5 heterocycles. The Bertz CT molecular complexity index is 1010. The minimum Gasteiger partial charge on any atom is -0.462 e. The van der Waals surface area contributed by atoms with Crippen LogP contribution < -0.4 is 0 Å². The second kappa shape index (κ2) is 6.29. The van der Waals surface area contributed by atoms with Crippen molar-refractivity contribution in [2.75, 3.05) is 0 Å². The van der Waals surface area contributed by atoms with E-state index in [9.17, 15) is 14.4 Å². The molecule has 166 valence electrons. The van der Waals surface area contributed by atoms with Crippen LogP contribution in [0.2, 0.25) is 0 Å². The minimum atomic E-state index is -1.33. The first-order chi connectivity index (χ1) is 14.5. The van der Waals surface area contributed by atoms with Crippen molar-refractivity contribution in [3.8, 4) is 0 Å². The largest absolute Gasteiger partial charge is 0.462 e. The lowest BCUT2D eigenvalue weighted by atomic mass is 9.80. The van der Waals surface area contributed by atoms with Gasteiger partial charge in [-0.15, -0.1) is 0 Å². The quantitative estimate of drug-likeness (QED) is 0.312. The number of esters is 2. The molecule has 4 aliphatic rings. The van der Waals surface area contributed by atoms with E-state index in [-0.39, 0.29) is 12.0 Å². The third-order valence-corrected chi connectivity index (χ3v) is 7.09. The molecule has 0 aromatic carbocycles. The summed E-state index contributed by atoms with van der Waals surface area (Å²) < 4.78 is 29.4. The summed E-state index contributed by atoms with van der Waals surface area (Å²) in [5.41, 5.74) is -1.62. The van der Waals surface area contributed by atoms with E-state index in [0.29, 0.717) is 36.3 Å². The summed E-state index contributed by atoms with van der Waals surface area (Å²) in [7, 11) is 0. The van der Waals surface area contributed by atoms with Gasteiger partial charge in [0.15, 0.2) is 6.29 Å². The summed E-state index contributed by atoms with van der Waals surface area (Å²) in [6.07, 6.45) is 0.0822. The Labute approximate surface area is 179 Å². The summed E-state index contributed by atoms with van der Waals surface area (Å²) in [6.45, 7) is 11.0. The number of epoxide rings is 2. The third kappa shape index (κ3) is 2.91. The van der Waals surface area contributed by atoms with Gasteiger partial charge >= 0.3 is 11.9 Å². The standard InChI is InChI=1S/C23H26O8/c1-11(2)13-6-15-14(9-24)7-16(28-15)18-21(4,29-18)10-22(5)19-23(30-19,20(26)31-22)17(8-13)27-12(3)25/h7,9,13,17-19H,1,6,8,10H2,2-5H3. The Kier molecular flexibility index (Phi) is 4.15. The van der Waals surface area contributed by atoms with Crippen molar-refractivity contribution >= 4 is 18.2 Å². The molecule has 3 fully saturated rings. The van der Waals surface area contributed by atoms with Crippen LogP contribution in [0.15, 0.2) is 22.6 Å². The lowest BCUT2D eigenvalue weighted by Crippen LogP contribution is -2.42. The van der Waals surface area contributed by atoms with Gasteiger partial charge in [0.05, 0.1) is 5.56 Å². The van der Waals surface area contributed by atoms with E-state index < -0.39 is 40.9 Å². The van der Waals surface area contributed by atoms with Crippen molar-refractivity contribution in [1.82, 2.24) is 0 Å². The molecule has 31 heavy (non-hydrogen) atoms. The number of hydrogen-bond acceptors (Lipinski definition) is 8. The molecular weight excluding hydrogens is 404 g/mol. The first kappa shape index (κ1) is 20.5. The average molecular weight is 430 g/mol. The zero-order valence-corrected chi connectivity index (χ0v) is 18.1. The van der Waals surface area contributed by atoms with Crippen LogP contribution in [-0.2, 0) is 35.0 Å². The highest BCUT2D eigenvalue weighted by Crippen LogP contribution is 2.63. The molecule has 0 N–H and O–H groups in total. The highest BCUT2D eigenvalue weighted by molar-refractivity contribution is 5.89. The molecular formula is C23H26O8. The molecule has 0 saturated carbocycles. The molecule has 8 nitrogen and oxygen atoms in total. The van der Waals surface area contributed by atoms with Crippen LogP contribution in [0.3, 0.4) is 0 Å². The number of furan rings is 1. The second-order valence-corrected chi connectivity index (χ2v) is 9.71. The van der Waals surface area contributed by atoms with Gasteiger partial charge in [-0.1, -0.05) is 12.2 Å². The Morgan fingerprint density at radius 3 is 2.61 bits per heavy atom. The number of allylic oxidation sites excluding steroid dienone is 1. The van der Waals surface area contributed by atoms with Crippen molar-refractivity contribution in [3.05, 3.63) is 35.3 Å². The van der Waals surface area contributed by atoms with Gasteiger partial charge in [-0.05, 0) is 39.2 Å². The Morgan fingerprint density at radius 1 is 1.26 bits per heavy atom. The van der Waals surface area contributed by atoms with E-state index in [1.807, 2.05) is 20.8 Å². The van der Waals surface area contributed by atoms with Crippen molar-refractivity contribution in [2.45, 2.75) is 82.1 Å². The second-order valence-electron chi connectivity index (χ2n) is 9.71. The van der Waals surface area contributed by atoms with Crippen molar-refractivity contribution < 1.29 is 37.7 Å². The van der Waals surface area contributed by atoms with Crippen LogP contribution in [-0.4, -0.2) is 47.2 Å². The maximum Gasteiger partial charge on any atom is 0.345 e. The van der Waals surface area contributed by atoms with E-state index in [4.69, 9.17) is 23.4 Å². The molecule has 5 rings (SSSR count). The predicted octanol–water partition coefficient (Wildman–Crippen LogP) is 2.84. The monoisotopic (exact) mass is 430 g/mol. The number of hydrogen-bond donors (Lipinski definition) is 0. The Balaban J connectivity index is 1.60. The number of aldehydes is 1. The minimum absolute atomic E-state index is 0.215. The number of carbonyl (C=O) groups is 3. The Hall–Kier alpha value is -2.45. The maximum absolute atomic E-state index is 13.0. The summed E-state index contributed by atoms with van der Waals surface area (Å²) in [4.78, 5) is 36.6. The van der Waals surface area contributed by atoms with Gasteiger partial charge in [0.25, 0.3) is 0 Å². The molecule has 3 saturated heterocycles. The van der Waals surface area contributed by atoms with E-state index in [1.54, 1.807) is 6.07 Å². The number of rotatable bonds is 3. The van der Waals surface area contributed by atoms with E-state index in [2.05, 4.69) is 6.58 Å². The zero-order chi connectivity index (χ0) is 22.3. The first-order valence-corrected chi connectivity index (χ1v) is 10.5. The van der Waals surface area contributed by atoms with Crippen LogP contribution in [0.4, 0.5) is 0 Å². The summed E-state index contributed by atoms with van der Waals surface area (Å²) in [5.74, 6) is -0.136. The van der Waals surface area contributed by atoms with Crippen LogP contribution in [0.1, 0.15) is 68.5 Å². The topological polar surface area (TPSA) is 108 Å². The Morgan fingerprint density at radius 2 is 2.00 bits per heavy atom.